The summed E-state index contributed by atoms with van der Waals surface area (Å²) in [6.45, 7) is 1.24. The number of nitrogens with zero attached hydrogens (tertiary/aromatic N) is 2. The fourth-order valence-corrected chi connectivity index (χ4v) is 4.41. The summed E-state index contributed by atoms with van der Waals surface area (Å²) in [5.74, 6) is -1.17. The monoisotopic (exact) mass is 380 g/mol. The predicted octanol–water partition coefficient (Wildman–Crippen LogP) is 1.24. The molecule has 138 valence electrons. The molecule has 0 spiro atoms. The summed E-state index contributed by atoms with van der Waals surface area (Å²) in [5.41, 5.74) is 0.542. The Morgan fingerprint density at radius 1 is 1.31 bits per heavy atom. The van der Waals surface area contributed by atoms with E-state index in [-0.39, 0.29) is 35.4 Å². The van der Waals surface area contributed by atoms with Gasteiger partial charge in [-0.2, -0.15) is 0 Å². The van der Waals surface area contributed by atoms with Gasteiger partial charge in [0.2, 0.25) is 5.91 Å². The van der Waals surface area contributed by atoms with Gasteiger partial charge in [0.25, 0.3) is 5.69 Å². The second-order valence-electron chi connectivity index (χ2n) is 5.91. The molecule has 1 aromatic carbocycles. The summed E-state index contributed by atoms with van der Waals surface area (Å²) in [7, 11) is 0. The summed E-state index contributed by atoms with van der Waals surface area (Å²) < 4.78 is 10.3. The van der Waals surface area contributed by atoms with E-state index < -0.39 is 22.9 Å². The van der Waals surface area contributed by atoms with Crippen LogP contribution in [0.2, 0.25) is 0 Å². The third-order valence-electron chi connectivity index (χ3n) is 4.15. The van der Waals surface area contributed by atoms with Crippen LogP contribution < -0.4 is 0 Å². The van der Waals surface area contributed by atoms with Crippen LogP contribution in [0.3, 0.4) is 0 Å². The highest BCUT2D eigenvalue weighted by atomic mass is 32.2. The number of carbonyl (C=O) groups is 3. The number of rotatable bonds is 6. The van der Waals surface area contributed by atoms with E-state index in [2.05, 4.69) is 0 Å². The molecule has 2 heterocycles. The summed E-state index contributed by atoms with van der Waals surface area (Å²) in [4.78, 5) is 47.0. The molecule has 3 rings (SSSR count). The first-order valence-corrected chi connectivity index (χ1v) is 8.81. The standard InChI is InChI=1S/C16H16N2O7S/c1-9(19)24-8-12-15(17-13(20)6-14(17)26-12)16(21)25-7-10-2-4-11(5-3-10)18(22)23/h2-5,12,14-15H,6-8H2,1H3/t12?,14-,15?/m0/s1. The third kappa shape index (κ3) is 3.64. The lowest BCUT2D eigenvalue weighted by atomic mass is 10.1. The lowest BCUT2D eigenvalue weighted by Gasteiger charge is -2.36. The first kappa shape index (κ1) is 18.2. The van der Waals surface area contributed by atoms with Crippen LogP contribution in [0.4, 0.5) is 5.69 Å². The Balaban J connectivity index is 1.63. The fourth-order valence-electron chi connectivity index (χ4n) is 2.85. The first-order chi connectivity index (χ1) is 12.4. The molecule has 0 aliphatic carbocycles. The van der Waals surface area contributed by atoms with Crippen LogP contribution >= 0.6 is 11.8 Å². The number of β-lactam (4-membered cyclic amide) rings is 1. The van der Waals surface area contributed by atoms with Gasteiger partial charge in [-0.05, 0) is 17.7 Å². The van der Waals surface area contributed by atoms with Gasteiger partial charge in [0.05, 0.1) is 22.0 Å². The Morgan fingerprint density at radius 3 is 2.58 bits per heavy atom. The number of hydrogen-bond acceptors (Lipinski definition) is 8. The molecule has 2 saturated heterocycles. The minimum absolute atomic E-state index is 0.0254. The molecule has 0 aromatic heterocycles. The fraction of sp³-hybridized carbons (Fsp3) is 0.438. The number of carbonyl (C=O) groups excluding carboxylic acids is 3. The summed E-state index contributed by atoms with van der Waals surface area (Å²) >= 11 is 1.42. The first-order valence-electron chi connectivity index (χ1n) is 7.87. The number of thioether (sulfide) groups is 1. The largest absolute Gasteiger partial charge is 0.465 e. The van der Waals surface area contributed by atoms with Gasteiger partial charge >= 0.3 is 11.9 Å². The van der Waals surface area contributed by atoms with E-state index in [9.17, 15) is 24.5 Å². The van der Waals surface area contributed by atoms with E-state index in [0.29, 0.717) is 12.0 Å². The molecule has 0 radical (unpaired) electrons. The van der Waals surface area contributed by atoms with Crippen LogP contribution in [-0.4, -0.2) is 50.9 Å². The average molecular weight is 380 g/mol. The third-order valence-corrected chi connectivity index (χ3v) is 5.60. The number of fused-ring (bicyclic) bond motifs is 1. The predicted molar refractivity (Wildman–Crippen MR) is 89.9 cm³/mol. The Morgan fingerprint density at radius 2 is 2.00 bits per heavy atom. The minimum Gasteiger partial charge on any atom is -0.465 e. The molecule has 0 N–H and O–H groups in total. The SMILES string of the molecule is CC(=O)OCC1S[C@H]2CC(=O)N2C1C(=O)OCc1ccc([N+](=O)[O-])cc1. The normalized spacial score (nSPS) is 23.8. The van der Waals surface area contributed by atoms with Crippen molar-refractivity contribution in [2.45, 2.75) is 36.6 Å². The van der Waals surface area contributed by atoms with Crippen LogP contribution in [0.15, 0.2) is 24.3 Å². The summed E-state index contributed by atoms with van der Waals surface area (Å²) in [5, 5.41) is 10.2. The maximum absolute atomic E-state index is 12.5. The molecule has 2 aliphatic rings. The molecule has 2 fully saturated rings. The Kier molecular flexibility index (Phi) is 5.12. The van der Waals surface area contributed by atoms with E-state index in [0.717, 1.165) is 0 Å². The molecule has 3 atom stereocenters. The van der Waals surface area contributed by atoms with Crippen molar-refractivity contribution in [3.8, 4) is 0 Å². The van der Waals surface area contributed by atoms with Crippen LogP contribution in [0.5, 0.6) is 0 Å². The Hall–Kier alpha value is -2.62. The summed E-state index contributed by atoms with van der Waals surface area (Å²) in [6.07, 6.45) is 0.355. The zero-order chi connectivity index (χ0) is 18.8. The second-order valence-corrected chi connectivity index (χ2v) is 7.33. The molecule has 26 heavy (non-hydrogen) atoms. The number of nitro groups is 1. The number of nitro benzene ring substituents is 1. The topological polar surface area (TPSA) is 116 Å². The van der Waals surface area contributed by atoms with E-state index >= 15 is 0 Å². The number of amides is 1. The zero-order valence-corrected chi connectivity index (χ0v) is 14.6. The second kappa shape index (κ2) is 7.32. The number of ether oxygens (including phenoxy) is 2. The van der Waals surface area contributed by atoms with Gasteiger partial charge in [0, 0.05) is 19.1 Å². The van der Waals surface area contributed by atoms with E-state index in [1.54, 1.807) is 0 Å². The highest BCUT2D eigenvalue weighted by Gasteiger charge is 2.55. The van der Waals surface area contributed by atoms with Gasteiger partial charge in [-0.15, -0.1) is 11.8 Å². The molecular formula is C16H16N2O7S. The van der Waals surface area contributed by atoms with Crippen molar-refractivity contribution in [1.82, 2.24) is 4.90 Å². The van der Waals surface area contributed by atoms with Gasteiger partial charge in [-0.3, -0.25) is 19.7 Å². The van der Waals surface area contributed by atoms with Crippen molar-refractivity contribution in [2.75, 3.05) is 6.61 Å². The quantitative estimate of drug-likeness (QED) is 0.313. The molecule has 2 unspecified atom stereocenters. The highest BCUT2D eigenvalue weighted by Crippen LogP contribution is 2.44. The molecule has 1 aromatic rings. The van der Waals surface area contributed by atoms with Crippen LogP contribution in [-0.2, 0) is 30.5 Å². The van der Waals surface area contributed by atoms with Gasteiger partial charge in [0.15, 0.2) is 0 Å². The van der Waals surface area contributed by atoms with Gasteiger partial charge < -0.3 is 14.4 Å². The summed E-state index contributed by atoms with van der Waals surface area (Å²) in [6, 6.07) is 4.86. The number of non-ortho nitro benzene ring substituents is 1. The van der Waals surface area contributed by atoms with Crippen LogP contribution in [0, 0.1) is 10.1 Å². The highest BCUT2D eigenvalue weighted by molar-refractivity contribution is 8.01. The minimum atomic E-state index is -0.802. The lowest BCUT2D eigenvalue weighted by Crippen LogP contribution is -2.56. The molecule has 0 bridgehead atoms. The van der Waals surface area contributed by atoms with Crippen molar-refractivity contribution in [3.63, 3.8) is 0 Å². The van der Waals surface area contributed by atoms with Crippen molar-refractivity contribution in [1.29, 1.82) is 0 Å². The number of hydrogen-bond donors (Lipinski definition) is 0. The maximum Gasteiger partial charge on any atom is 0.330 e. The van der Waals surface area contributed by atoms with Crippen LogP contribution in [0.25, 0.3) is 0 Å². The number of esters is 2. The van der Waals surface area contributed by atoms with Gasteiger partial charge in [-0.1, -0.05) is 0 Å². The van der Waals surface area contributed by atoms with Crippen molar-refractivity contribution >= 4 is 35.3 Å². The van der Waals surface area contributed by atoms with Crippen molar-refractivity contribution < 1.29 is 28.8 Å². The van der Waals surface area contributed by atoms with Gasteiger partial charge in [0.1, 0.15) is 19.3 Å². The lowest BCUT2D eigenvalue weighted by molar-refractivity contribution is -0.384. The molecular weight excluding hydrogens is 364 g/mol. The van der Waals surface area contributed by atoms with E-state index in [1.807, 2.05) is 0 Å². The number of benzene rings is 1. The van der Waals surface area contributed by atoms with Crippen molar-refractivity contribution in [3.05, 3.63) is 39.9 Å². The molecule has 1 amide bonds. The maximum atomic E-state index is 12.5. The zero-order valence-electron chi connectivity index (χ0n) is 13.8. The molecule has 0 saturated carbocycles. The Bertz CT molecular complexity index is 751. The van der Waals surface area contributed by atoms with Gasteiger partial charge in [-0.25, -0.2) is 4.79 Å². The molecule has 10 heteroatoms. The molecule has 9 nitrogen and oxygen atoms in total. The Labute approximate surface area is 152 Å². The van der Waals surface area contributed by atoms with Crippen molar-refractivity contribution in [2.24, 2.45) is 0 Å². The molecule has 2 aliphatic heterocycles. The van der Waals surface area contributed by atoms with E-state index in [1.165, 1.54) is 47.9 Å². The smallest absolute Gasteiger partial charge is 0.330 e. The van der Waals surface area contributed by atoms with Crippen LogP contribution in [0.1, 0.15) is 18.9 Å². The average Bonchev–Trinajstić information content (AvgIpc) is 2.90. The van der Waals surface area contributed by atoms with E-state index in [4.69, 9.17) is 9.47 Å².